The van der Waals surface area contributed by atoms with Crippen LogP contribution in [-0.4, -0.2) is 35.6 Å². The summed E-state index contributed by atoms with van der Waals surface area (Å²) in [5.41, 5.74) is 5.17. The summed E-state index contributed by atoms with van der Waals surface area (Å²) in [6.45, 7) is 3.61. The van der Waals surface area contributed by atoms with Crippen molar-refractivity contribution < 1.29 is 27.8 Å². The van der Waals surface area contributed by atoms with E-state index in [2.05, 4.69) is 10.3 Å². The van der Waals surface area contributed by atoms with Gasteiger partial charge in [0.15, 0.2) is 11.6 Å². The second-order valence-electron chi connectivity index (χ2n) is 7.38. The summed E-state index contributed by atoms with van der Waals surface area (Å²) in [6, 6.07) is 5.23. The van der Waals surface area contributed by atoms with E-state index in [4.69, 9.17) is 15.2 Å². The fraction of sp³-hybridized carbons (Fsp3) is 0.350. The largest absolute Gasteiger partial charge is 0.493 e. The maximum atomic E-state index is 14.2. The van der Waals surface area contributed by atoms with Crippen LogP contribution in [0.4, 0.5) is 14.5 Å². The number of rotatable bonds is 5. The zero-order valence-electron chi connectivity index (χ0n) is 16.2. The van der Waals surface area contributed by atoms with Crippen LogP contribution in [0.2, 0.25) is 0 Å². The third-order valence-corrected chi connectivity index (χ3v) is 4.75. The number of nitrogens with zero attached hydrogens (tertiary/aromatic N) is 1. The number of benzene rings is 1. The van der Waals surface area contributed by atoms with E-state index in [0.29, 0.717) is 17.7 Å². The number of methoxy groups -OCH3 is 1. The number of primary amides is 1. The molecule has 1 aliphatic rings. The van der Waals surface area contributed by atoms with Crippen molar-refractivity contribution in [3.8, 4) is 5.75 Å². The van der Waals surface area contributed by atoms with Crippen LogP contribution in [0.15, 0.2) is 30.5 Å². The molecule has 0 aliphatic carbocycles. The Morgan fingerprint density at radius 2 is 2.03 bits per heavy atom. The summed E-state index contributed by atoms with van der Waals surface area (Å²) >= 11 is 0. The number of hydrogen-bond donors (Lipinski definition) is 2. The van der Waals surface area contributed by atoms with Crippen molar-refractivity contribution in [2.45, 2.75) is 37.9 Å². The maximum Gasteiger partial charge on any atom is 0.267 e. The minimum atomic E-state index is -1.12. The highest BCUT2D eigenvalue weighted by molar-refractivity contribution is 5.97. The average molecular weight is 405 g/mol. The molecule has 0 bridgehead atoms. The van der Waals surface area contributed by atoms with Gasteiger partial charge in [-0.15, -0.1) is 0 Å². The quantitative estimate of drug-likeness (QED) is 0.796. The number of hydrogen-bond acceptors (Lipinski definition) is 5. The van der Waals surface area contributed by atoms with Gasteiger partial charge >= 0.3 is 0 Å². The number of anilines is 1. The number of aromatic nitrogens is 1. The monoisotopic (exact) mass is 405 g/mol. The Labute approximate surface area is 166 Å². The summed E-state index contributed by atoms with van der Waals surface area (Å²) in [5.74, 6) is -4.23. The molecule has 1 fully saturated rings. The molecule has 9 heteroatoms. The molecule has 154 valence electrons. The predicted molar refractivity (Wildman–Crippen MR) is 101 cm³/mol. The van der Waals surface area contributed by atoms with E-state index in [1.54, 1.807) is 13.8 Å². The molecule has 29 heavy (non-hydrogen) atoms. The summed E-state index contributed by atoms with van der Waals surface area (Å²) in [7, 11) is 1.24. The first-order valence-corrected chi connectivity index (χ1v) is 8.89. The van der Waals surface area contributed by atoms with E-state index in [1.807, 2.05) is 0 Å². The second kappa shape index (κ2) is 7.75. The van der Waals surface area contributed by atoms with Crippen LogP contribution in [0.5, 0.6) is 5.75 Å². The summed E-state index contributed by atoms with van der Waals surface area (Å²) < 4.78 is 38.8. The Balaban J connectivity index is 1.93. The Hall–Kier alpha value is -3.07. The van der Waals surface area contributed by atoms with Crippen LogP contribution in [0, 0.1) is 11.6 Å². The fourth-order valence-electron chi connectivity index (χ4n) is 3.52. The van der Waals surface area contributed by atoms with Crippen molar-refractivity contribution in [3.63, 3.8) is 0 Å². The van der Waals surface area contributed by atoms with E-state index in [0.717, 1.165) is 6.07 Å². The SMILES string of the molecule is COc1c([C@H]2CC(C)(C)O[C@@H]2C(=O)Nc2ccnc(C(N)=O)c2)ccc(F)c1F. The molecule has 1 aliphatic heterocycles. The first-order valence-electron chi connectivity index (χ1n) is 8.89. The van der Waals surface area contributed by atoms with Gasteiger partial charge in [0.2, 0.25) is 5.82 Å². The van der Waals surface area contributed by atoms with Crippen LogP contribution in [0.25, 0.3) is 0 Å². The molecule has 0 saturated carbocycles. The number of ether oxygens (including phenoxy) is 2. The summed E-state index contributed by atoms with van der Waals surface area (Å²) in [5, 5.41) is 2.66. The molecule has 2 heterocycles. The fourth-order valence-corrected chi connectivity index (χ4v) is 3.52. The molecular weight excluding hydrogens is 384 g/mol. The van der Waals surface area contributed by atoms with Crippen LogP contribution in [0.1, 0.15) is 42.2 Å². The molecule has 0 radical (unpaired) electrons. The normalized spacial score (nSPS) is 20.3. The van der Waals surface area contributed by atoms with Crippen LogP contribution in [-0.2, 0) is 9.53 Å². The van der Waals surface area contributed by atoms with Gasteiger partial charge in [-0.25, -0.2) is 4.39 Å². The highest BCUT2D eigenvalue weighted by Crippen LogP contribution is 2.45. The highest BCUT2D eigenvalue weighted by Gasteiger charge is 2.46. The highest BCUT2D eigenvalue weighted by atomic mass is 19.2. The Bertz CT molecular complexity index is 965. The molecule has 1 aromatic carbocycles. The summed E-state index contributed by atoms with van der Waals surface area (Å²) in [6.07, 6.45) is 0.731. The second-order valence-corrected chi connectivity index (χ2v) is 7.38. The topological polar surface area (TPSA) is 104 Å². The lowest BCUT2D eigenvalue weighted by molar-refractivity contribution is -0.130. The number of carbonyl (C=O) groups is 2. The van der Waals surface area contributed by atoms with Gasteiger partial charge in [-0.2, -0.15) is 4.39 Å². The minimum Gasteiger partial charge on any atom is -0.493 e. The van der Waals surface area contributed by atoms with Gasteiger partial charge in [-0.3, -0.25) is 14.6 Å². The van der Waals surface area contributed by atoms with E-state index >= 15 is 0 Å². The van der Waals surface area contributed by atoms with Crippen molar-refractivity contribution in [2.75, 3.05) is 12.4 Å². The van der Waals surface area contributed by atoms with Crippen molar-refractivity contribution in [3.05, 3.63) is 53.4 Å². The first-order chi connectivity index (χ1) is 13.6. The lowest BCUT2D eigenvalue weighted by atomic mass is 9.86. The third-order valence-electron chi connectivity index (χ3n) is 4.75. The Kier molecular flexibility index (Phi) is 5.52. The molecule has 0 spiro atoms. The zero-order chi connectivity index (χ0) is 21.3. The van der Waals surface area contributed by atoms with Crippen molar-refractivity contribution >= 4 is 17.5 Å². The van der Waals surface area contributed by atoms with Crippen molar-refractivity contribution in [1.82, 2.24) is 4.98 Å². The third kappa shape index (κ3) is 4.19. The molecule has 2 amide bonds. The standard InChI is InChI=1S/C20H21F2N3O4/c1-20(2)9-12(11-4-5-13(21)15(22)16(11)28-3)17(29-20)19(27)25-10-6-7-24-14(8-10)18(23)26/h4-8,12,17H,9H2,1-3H3,(H2,23,26)(H,24,25,27)/t12-,17+/m1/s1. The minimum absolute atomic E-state index is 0.00528. The number of nitrogens with two attached hydrogens (primary N) is 1. The van der Waals surface area contributed by atoms with Gasteiger partial charge in [-0.05, 0) is 38.5 Å². The van der Waals surface area contributed by atoms with Gasteiger partial charge in [0, 0.05) is 23.4 Å². The van der Waals surface area contributed by atoms with Gasteiger partial charge in [0.05, 0.1) is 12.7 Å². The number of nitrogens with one attached hydrogen (secondary N) is 1. The first kappa shape index (κ1) is 20.7. The Morgan fingerprint density at radius 1 is 1.31 bits per heavy atom. The molecular formula is C20H21F2N3O4. The maximum absolute atomic E-state index is 14.2. The lowest BCUT2D eigenvalue weighted by Crippen LogP contribution is -2.33. The molecule has 2 atom stereocenters. The molecule has 3 rings (SSSR count). The van der Waals surface area contributed by atoms with Crippen molar-refractivity contribution in [1.29, 1.82) is 0 Å². The molecule has 7 nitrogen and oxygen atoms in total. The number of pyridine rings is 1. The summed E-state index contributed by atoms with van der Waals surface area (Å²) in [4.78, 5) is 28.0. The van der Waals surface area contributed by atoms with E-state index < -0.39 is 41.1 Å². The van der Waals surface area contributed by atoms with Gasteiger partial charge in [0.1, 0.15) is 11.8 Å². The number of carbonyl (C=O) groups excluding carboxylic acids is 2. The molecule has 3 N–H and O–H groups in total. The lowest BCUT2D eigenvalue weighted by Gasteiger charge is -2.21. The predicted octanol–water partition coefficient (Wildman–Crippen LogP) is 2.76. The molecule has 0 unspecified atom stereocenters. The molecule has 2 aromatic rings. The Morgan fingerprint density at radius 3 is 2.69 bits per heavy atom. The van der Waals surface area contributed by atoms with Gasteiger partial charge < -0.3 is 20.5 Å². The molecule has 1 aromatic heterocycles. The van der Waals surface area contributed by atoms with Crippen LogP contribution < -0.4 is 15.8 Å². The zero-order valence-corrected chi connectivity index (χ0v) is 16.2. The molecule has 1 saturated heterocycles. The van der Waals surface area contributed by atoms with E-state index in [9.17, 15) is 18.4 Å². The van der Waals surface area contributed by atoms with Crippen molar-refractivity contribution in [2.24, 2.45) is 5.73 Å². The smallest absolute Gasteiger partial charge is 0.267 e. The van der Waals surface area contributed by atoms with Crippen LogP contribution in [0.3, 0.4) is 0 Å². The van der Waals surface area contributed by atoms with Gasteiger partial charge in [0.25, 0.3) is 11.8 Å². The number of halogens is 2. The van der Waals surface area contributed by atoms with Crippen LogP contribution >= 0.6 is 0 Å². The van der Waals surface area contributed by atoms with E-state index in [1.165, 1.54) is 31.5 Å². The van der Waals surface area contributed by atoms with E-state index in [-0.39, 0.29) is 11.4 Å². The number of amides is 2. The van der Waals surface area contributed by atoms with Gasteiger partial charge in [-0.1, -0.05) is 6.07 Å². The average Bonchev–Trinajstić information content (AvgIpc) is 2.99.